The van der Waals surface area contributed by atoms with E-state index in [1.165, 1.54) is 6.20 Å². The maximum absolute atomic E-state index is 5.77. The van der Waals surface area contributed by atoms with Crippen molar-refractivity contribution in [2.45, 2.75) is 6.92 Å². The van der Waals surface area contributed by atoms with Crippen LogP contribution in [0.4, 0.5) is 17.3 Å². The third kappa shape index (κ3) is 2.41. The summed E-state index contributed by atoms with van der Waals surface area (Å²) < 4.78 is 0. The fourth-order valence-corrected chi connectivity index (χ4v) is 1.45. The van der Waals surface area contributed by atoms with Crippen molar-refractivity contribution >= 4 is 28.9 Å². The van der Waals surface area contributed by atoms with Crippen LogP contribution in [0.25, 0.3) is 0 Å². The smallest absolute Gasteiger partial charge is 0.154 e. The van der Waals surface area contributed by atoms with Crippen molar-refractivity contribution in [3.63, 3.8) is 0 Å². The van der Waals surface area contributed by atoms with E-state index in [-0.39, 0.29) is 0 Å². The van der Waals surface area contributed by atoms with Crippen molar-refractivity contribution < 1.29 is 0 Å². The zero-order chi connectivity index (χ0) is 11.5. The van der Waals surface area contributed by atoms with Gasteiger partial charge in [0, 0.05) is 12.4 Å². The van der Waals surface area contributed by atoms with Crippen LogP contribution in [-0.2, 0) is 0 Å². The Morgan fingerprint density at radius 1 is 1.31 bits per heavy atom. The van der Waals surface area contributed by atoms with Crippen LogP contribution in [0, 0.1) is 6.92 Å². The van der Waals surface area contributed by atoms with E-state index in [1.54, 1.807) is 12.3 Å². The van der Waals surface area contributed by atoms with Crippen LogP contribution in [0.5, 0.6) is 0 Å². The molecule has 0 aromatic carbocycles. The van der Waals surface area contributed by atoms with Crippen molar-refractivity contribution in [1.29, 1.82) is 0 Å². The number of hydrogen-bond donors (Lipinski definition) is 2. The molecule has 0 unspecified atom stereocenters. The van der Waals surface area contributed by atoms with Gasteiger partial charge in [-0.15, -0.1) is 0 Å². The topological polar surface area (TPSA) is 63.8 Å². The van der Waals surface area contributed by atoms with E-state index in [9.17, 15) is 0 Å². The standard InChI is InChI=1S/C11H11ClN4/c1-7-2-3-14-10(4-7)16-11-9(13)5-8(12)6-15-11/h2-6H,13H2,1H3,(H,14,15,16). The van der Waals surface area contributed by atoms with Gasteiger partial charge in [-0.25, -0.2) is 9.97 Å². The Kier molecular flexibility index (Phi) is 2.92. The van der Waals surface area contributed by atoms with Crippen molar-refractivity contribution in [3.8, 4) is 0 Å². The lowest BCUT2D eigenvalue weighted by Gasteiger charge is -2.07. The number of hydrogen-bond acceptors (Lipinski definition) is 4. The normalized spacial score (nSPS) is 10.1. The quantitative estimate of drug-likeness (QED) is 0.839. The van der Waals surface area contributed by atoms with Crippen LogP contribution in [0.15, 0.2) is 30.6 Å². The molecule has 0 radical (unpaired) electrons. The molecule has 2 aromatic rings. The number of aryl methyl sites for hydroxylation is 1. The van der Waals surface area contributed by atoms with Crippen LogP contribution in [0.2, 0.25) is 5.02 Å². The molecule has 3 N–H and O–H groups in total. The van der Waals surface area contributed by atoms with E-state index < -0.39 is 0 Å². The molecule has 82 valence electrons. The third-order valence-corrected chi connectivity index (χ3v) is 2.25. The average Bonchev–Trinajstić information content (AvgIpc) is 2.22. The number of nitrogen functional groups attached to an aromatic ring is 1. The van der Waals surface area contributed by atoms with Crippen LogP contribution in [0.1, 0.15) is 5.56 Å². The Morgan fingerprint density at radius 2 is 2.12 bits per heavy atom. The summed E-state index contributed by atoms with van der Waals surface area (Å²) in [7, 11) is 0. The minimum atomic E-state index is 0.496. The molecule has 0 amide bonds. The van der Waals surface area contributed by atoms with E-state index in [0.717, 1.165) is 5.56 Å². The highest BCUT2D eigenvalue weighted by molar-refractivity contribution is 6.30. The van der Waals surface area contributed by atoms with Gasteiger partial charge in [-0.2, -0.15) is 0 Å². The summed E-state index contributed by atoms with van der Waals surface area (Å²) in [4.78, 5) is 8.25. The monoisotopic (exact) mass is 234 g/mol. The number of rotatable bonds is 2. The Labute approximate surface area is 98.5 Å². The van der Waals surface area contributed by atoms with Crippen molar-refractivity contribution in [3.05, 3.63) is 41.2 Å². The average molecular weight is 235 g/mol. The number of nitrogens with zero attached hydrogens (tertiary/aromatic N) is 2. The van der Waals surface area contributed by atoms with Gasteiger partial charge in [-0.3, -0.25) is 0 Å². The van der Waals surface area contributed by atoms with Gasteiger partial charge in [0.1, 0.15) is 5.82 Å². The molecule has 0 fully saturated rings. The summed E-state index contributed by atoms with van der Waals surface area (Å²) in [6.45, 7) is 1.99. The van der Waals surface area contributed by atoms with E-state index in [1.807, 2.05) is 19.1 Å². The zero-order valence-electron chi connectivity index (χ0n) is 8.74. The fraction of sp³-hybridized carbons (Fsp3) is 0.0909. The Balaban J connectivity index is 2.27. The molecule has 2 rings (SSSR count). The highest BCUT2D eigenvalue weighted by atomic mass is 35.5. The van der Waals surface area contributed by atoms with Gasteiger partial charge in [0.05, 0.1) is 10.7 Å². The second kappa shape index (κ2) is 4.37. The predicted molar refractivity (Wildman–Crippen MR) is 65.9 cm³/mol. The van der Waals surface area contributed by atoms with Gasteiger partial charge >= 0.3 is 0 Å². The molecule has 0 aliphatic heterocycles. The van der Waals surface area contributed by atoms with Gasteiger partial charge in [-0.1, -0.05) is 11.6 Å². The molecule has 2 heterocycles. The molecule has 0 aliphatic carbocycles. The van der Waals surface area contributed by atoms with Crippen LogP contribution in [-0.4, -0.2) is 9.97 Å². The Hall–Kier alpha value is -1.81. The number of nitrogens with one attached hydrogen (secondary N) is 1. The number of nitrogens with two attached hydrogens (primary N) is 1. The fourth-order valence-electron chi connectivity index (χ4n) is 1.29. The largest absolute Gasteiger partial charge is 0.396 e. The SMILES string of the molecule is Cc1ccnc(Nc2ncc(Cl)cc2N)c1. The summed E-state index contributed by atoms with van der Waals surface area (Å²) in [6.07, 6.45) is 3.26. The molecule has 2 aromatic heterocycles. The molecule has 5 heteroatoms. The van der Waals surface area contributed by atoms with Crippen LogP contribution in [0.3, 0.4) is 0 Å². The van der Waals surface area contributed by atoms with Crippen molar-refractivity contribution in [2.75, 3.05) is 11.1 Å². The Morgan fingerprint density at radius 3 is 2.81 bits per heavy atom. The first kappa shape index (κ1) is 10.7. The minimum Gasteiger partial charge on any atom is -0.396 e. The first-order valence-electron chi connectivity index (χ1n) is 4.76. The molecule has 16 heavy (non-hydrogen) atoms. The number of halogens is 1. The molecular weight excluding hydrogens is 224 g/mol. The summed E-state index contributed by atoms with van der Waals surface area (Å²) in [5.74, 6) is 1.27. The predicted octanol–water partition coefficient (Wildman–Crippen LogP) is 2.76. The maximum Gasteiger partial charge on any atom is 0.154 e. The minimum absolute atomic E-state index is 0.496. The highest BCUT2D eigenvalue weighted by Crippen LogP contribution is 2.22. The molecule has 0 spiro atoms. The highest BCUT2D eigenvalue weighted by Gasteiger charge is 2.02. The molecule has 4 nitrogen and oxygen atoms in total. The van der Waals surface area contributed by atoms with Gasteiger partial charge in [0.15, 0.2) is 5.82 Å². The second-order valence-corrected chi connectivity index (χ2v) is 3.87. The first-order chi connectivity index (χ1) is 7.65. The third-order valence-electron chi connectivity index (χ3n) is 2.05. The lowest BCUT2D eigenvalue weighted by molar-refractivity contribution is 1.24. The van der Waals surface area contributed by atoms with Crippen LogP contribution >= 0.6 is 11.6 Å². The lowest BCUT2D eigenvalue weighted by atomic mass is 10.3. The summed E-state index contributed by atoms with van der Waals surface area (Å²) in [5, 5.41) is 3.55. The summed E-state index contributed by atoms with van der Waals surface area (Å²) >= 11 is 5.76. The number of anilines is 3. The van der Waals surface area contributed by atoms with E-state index in [4.69, 9.17) is 17.3 Å². The van der Waals surface area contributed by atoms with Crippen molar-refractivity contribution in [2.24, 2.45) is 0 Å². The van der Waals surface area contributed by atoms with Gasteiger partial charge in [0.25, 0.3) is 0 Å². The molecular formula is C11H11ClN4. The summed E-state index contributed by atoms with van der Waals surface area (Å²) in [6, 6.07) is 5.48. The number of aromatic nitrogens is 2. The van der Waals surface area contributed by atoms with E-state index in [2.05, 4.69) is 15.3 Å². The maximum atomic E-state index is 5.77. The van der Waals surface area contributed by atoms with Gasteiger partial charge < -0.3 is 11.1 Å². The Bertz CT molecular complexity index is 513. The summed E-state index contributed by atoms with van der Waals surface area (Å²) in [5.41, 5.74) is 7.38. The van der Waals surface area contributed by atoms with Crippen molar-refractivity contribution in [1.82, 2.24) is 9.97 Å². The zero-order valence-corrected chi connectivity index (χ0v) is 9.49. The van der Waals surface area contributed by atoms with E-state index in [0.29, 0.717) is 22.3 Å². The second-order valence-electron chi connectivity index (χ2n) is 3.43. The molecule has 0 aliphatic rings. The molecule has 0 saturated carbocycles. The molecule has 0 bridgehead atoms. The number of pyridine rings is 2. The van der Waals surface area contributed by atoms with Gasteiger partial charge in [0.2, 0.25) is 0 Å². The molecule has 0 saturated heterocycles. The van der Waals surface area contributed by atoms with E-state index >= 15 is 0 Å². The lowest BCUT2D eigenvalue weighted by Crippen LogP contribution is -2.00. The first-order valence-corrected chi connectivity index (χ1v) is 5.13. The van der Waals surface area contributed by atoms with Crippen LogP contribution < -0.4 is 11.1 Å². The molecule has 0 atom stereocenters. The van der Waals surface area contributed by atoms with Gasteiger partial charge in [-0.05, 0) is 30.7 Å².